The number of para-hydroxylation sites is 1. The Morgan fingerprint density at radius 2 is 1.96 bits per heavy atom. The molecular formula is C20H19N5O. The number of imidazole rings is 1. The summed E-state index contributed by atoms with van der Waals surface area (Å²) in [6.45, 7) is 6.61. The fraction of sp³-hybridized carbons (Fsp3) is 0.250. The van der Waals surface area contributed by atoms with Crippen LogP contribution in [-0.2, 0) is 10.2 Å². The second-order valence-corrected chi connectivity index (χ2v) is 7.26. The first kappa shape index (κ1) is 15.1. The minimum atomic E-state index is -0.524. The normalized spacial score (nSPS) is 16.0. The van der Waals surface area contributed by atoms with E-state index in [0.717, 1.165) is 44.7 Å². The van der Waals surface area contributed by atoms with E-state index in [-0.39, 0.29) is 5.91 Å². The molecule has 0 radical (unpaired) electrons. The number of hydrogen-bond donors (Lipinski definition) is 2. The average molecular weight is 345 g/mol. The third-order valence-electron chi connectivity index (χ3n) is 5.35. The summed E-state index contributed by atoms with van der Waals surface area (Å²) in [7, 11) is 0. The summed E-state index contributed by atoms with van der Waals surface area (Å²) in [5.74, 6) is 0.870. The summed E-state index contributed by atoms with van der Waals surface area (Å²) in [5, 5.41) is 8.51. The zero-order valence-corrected chi connectivity index (χ0v) is 14.9. The zero-order valence-electron chi connectivity index (χ0n) is 14.9. The van der Waals surface area contributed by atoms with Crippen LogP contribution in [0.4, 0.5) is 5.69 Å². The lowest BCUT2D eigenvalue weighted by atomic mass is 9.86. The van der Waals surface area contributed by atoms with E-state index in [4.69, 9.17) is 4.98 Å². The van der Waals surface area contributed by atoms with E-state index >= 15 is 0 Å². The predicted molar refractivity (Wildman–Crippen MR) is 102 cm³/mol. The molecule has 2 aromatic carbocycles. The lowest BCUT2D eigenvalue weighted by molar-refractivity contribution is -0.122. The molecule has 0 saturated carbocycles. The monoisotopic (exact) mass is 345 g/mol. The van der Waals surface area contributed by atoms with E-state index in [1.807, 2.05) is 56.0 Å². The van der Waals surface area contributed by atoms with Crippen LogP contribution in [0.2, 0.25) is 0 Å². The van der Waals surface area contributed by atoms with Crippen molar-refractivity contribution < 1.29 is 4.79 Å². The van der Waals surface area contributed by atoms with Crippen molar-refractivity contribution in [3.8, 4) is 11.5 Å². The Morgan fingerprint density at radius 1 is 1.15 bits per heavy atom. The molecule has 0 aliphatic carbocycles. The van der Waals surface area contributed by atoms with Gasteiger partial charge in [-0.1, -0.05) is 18.2 Å². The summed E-state index contributed by atoms with van der Waals surface area (Å²) in [6, 6.07) is 12.1. The average Bonchev–Trinajstić information content (AvgIpc) is 3.28. The van der Waals surface area contributed by atoms with Gasteiger partial charge in [-0.25, -0.2) is 4.98 Å². The van der Waals surface area contributed by atoms with Crippen LogP contribution < -0.4 is 4.90 Å². The predicted octanol–water partition coefficient (Wildman–Crippen LogP) is 3.75. The van der Waals surface area contributed by atoms with Gasteiger partial charge in [0, 0.05) is 11.9 Å². The van der Waals surface area contributed by atoms with Crippen LogP contribution in [0, 0.1) is 0 Å². The van der Waals surface area contributed by atoms with E-state index in [9.17, 15) is 4.79 Å². The van der Waals surface area contributed by atoms with Crippen LogP contribution in [0.1, 0.15) is 26.3 Å². The smallest absolute Gasteiger partial charge is 0.237 e. The van der Waals surface area contributed by atoms with Crippen molar-refractivity contribution in [2.24, 2.45) is 0 Å². The number of carbonyl (C=O) groups excluding carboxylic acids is 1. The number of H-pyrrole nitrogens is 2. The number of likely N-dealkylation sites (N-methyl/N-ethyl adjacent to an activating group) is 1. The first-order valence-electron chi connectivity index (χ1n) is 8.80. The van der Waals surface area contributed by atoms with Crippen molar-refractivity contribution in [2.75, 3.05) is 11.4 Å². The van der Waals surface area contributed by atoms with Gasteiger partial charge in [0.2, 0.25) is 5.91 Å². The van der Waals surface area contributed by atoms with Crippen molar-refractivity contribution in [3.63, 3.8) is 0 Å². The highest BCUT2D eigenvalue weighted by Crippen LogP contribution is 2.43. The van der Waals surface area contributed by atoms with Gasteiger partial charge in [0.15, 0.2) is 5.82 Å². The van der Waals surface area contributed by atoms with Gasteiger partial charge >= 0.3 is 0 Å². The number of rotatable bonds is 2. The molecule has 1 aliphatic heterocycles. The lowest BCUT2D eigenvalue weighted by Crippen LogP contribution is -2.35. The summed E-state index contributed by atoms with van der Waals surface area (Å²) in [5.41, 5.74) is 5.02. The Labute approximate surface area is 150 Å². The van der Waals surface area contributed by atoms with Crippen LogP contribution in [-0.4, -0.2) is 32.6 Å². The van der Waals surface area contributed by atoms with E-state index < -0.39 is 5.41 Å². The quantitative estimate of drug-likeness (QED) is 0.581. The Kier molecular flexibility index (Phi) is 2.88. The highest BCUT2D eigenvalue weighted by molar-refractivity contribution is 6.09. The van der Waals surface area contributed by atoms with Gasteiger partial charge in [0.05, 0.1) is 27.7 Å². The summed E-state index contributed by atoms with van der Waals surface area (Å²) >= 11 is 0. The maximum atomic E-state index is 12.7. The topological polar surface area (TPSA) is 77.7 Å². The third kappa shape index (κ3) is 1.84. The number of nitrogens with zero attached hydrogens (tertiary/aromatic N) is 3. The molecule has 4 aromatic rings. The van der Waals surface area contributed by atoms with E-state index in [1.54, 1.807) is 0 Å². The molecule has 0 fully saturated rings. The second-order valence-electron chi connectivity index (χ2n) is 7.26. The number of benzene rings is 2. The molecule has 5 rings (SSSR count). The fourth-order valence-corrected chi connectivity index (χ4v) is 3.90. The van der Waals surface area contributed by atoms with E-state index in [0.29, 0.717) is 6.54 Å². The molecule has 3 heterocycles. The van der Waals surface area contributed by atoms with Crippen molar-refractivity contribution in [2.45, 2.75) is 26.2 Å². The summed E-state index contributed by atoms with van der Waals surface area (Å²) in [4.78, 5) is 22.7. The maximum Gasteiger partial charge on any atom is 0.237 e. The molecule has 6 heteroatoms. The fourth-order valence-electron chi connectivity index (χ4n) is 3.90. The van der Waals surface area contributed by atoms with Crippen molar-refractivity contribution in [1.29, 1.82) is 0 Å². The van der Waals surface area contributed by atoms with Crippen molar-refractivity contribution >= 4 is 33.5 Å². The Hall–Kier alpha value is -3.15. The molecule has 0 unspecified atom stereocenters. The van der Waals surface area contributed by atoms with Crippen LogP contribution in [0.15, 0.2) is 36.4 Å². The minimum Gasteiger partial charge on any atom is -0.337 e. The van der Waals surface area contributed by atoms with Gasteiger partial charge in [-0.15, -0.1) is 0 Å². The molecule has 2 aromatic heterocycles. The number of anilines is 1. The minimum absolute atomic E-state index is 0.140. The zero-order chi connectivity index (χ0) is 18.1. The Bertz CT molecular complexity index is 1180. The van der Waals surface area contributed by atoms with Crippen molar-refractivity contribution in [1.82, 2.24) is 20.2 Å². The number of amides is 1. The standard InChI is InChI=1S/C20H19N5O/c1-4-25-16-10-15-14(9-12(16)20(2,3)19(25)26)21-18(22-15)17-11-7-5-6-8-13(11)23-24-17/h5-10H,4H2,1-3H3,(H,21,22)(H,23,24). The van der Waals surface area contributed by atoms with Crippen molar-refractivity contribution in [3.05, 3.63) is 42.0 Å². The molecule has 130 valence electrons. The first-order valence-corrected chi connectivity index (χ1v) is 8.80. The van der Waals surface area contributed by atoms with Crippen LogP contribution in [0.5, 0.6) is 0 Å². The molecule has 6 nitrogen and oxygen atoms in total. The number of hydrogen-bond acceptors (Lipinski definition) is 3. The molecule has 0 spiro atoms. The van der Waals surface area contributed by atoms with Crippen LogP contribution in [0.3, 0.4) is 0 Å². The van der Waals surface area contributed by atoms with E-state index in [1.165, 1.54) is 0 Å². The molecule has 1 aliphatic rings. The number of nitrogens with one attached hydrogen (secondary N) is 2. The number of fused-ring (bicyclic) bond motifs is 3. The Balaban J connectivity index is 1.72. The number of aromatic amines is 2. The molecule has 1 amide bonds. The highest BCUT2D eigenvalue weighted by Gasteiger charge is 2.43. The maximum absolute atomic E-state index is 12.7. The third-order valence-corrected chi connectivity index (χ3v) is 5.35. The second kappa shape index (κ2) is 4.94. The van der Waals surface area contributed by atoms with Gasteiger partial charge in [-0.2, -0.15) is 5.10 Å². The van der Waals surface area contributed by atoms with Gasteiger partial charge < -0.3 is 9.88 Å². The SMILES string of the molecule is CCN1C(=O)C(C)(C)c2cc3[nH]c(-c4n[nH]c5ccccc45)nc3cc21. The summed E-state index contributed by atoms with van der Waals surface area (Å²) in [6.07, 6.45) is 0. The van der Waals surface area contributed by atoms with Gasteiger partial charge in [-0.3, -0.25) is 9.89 Å². The molecule has 2 N–H and O–H groups in total. The van der Waals surface area contributed by atoms with Crippen LogP contribution >= 0.6 is 0 Å². The van der Waals surface area contributed by atoms with Gasteiger partial charge in [0.1, 0.15) is 5.69 Å². The molecule has 26 heavy (non-hydrogen) atoms. The summed E-state index contributed by atoms with van der Waals surface area (Å²) < 4.78 is 0. The molecule has 0 saturated heterocycles. The van der Waals surface area contributed by atoms with Gasteiger partial charge in [0.25, 0.3) is 0 Å². The number of carbonyl (C=O) groups is 1. The molecular weight excluding hydrogens is 326 g/mol. The first-order chi connectivity index (χ1) is 12.5. The molecule has 0 atom stereocenters. The largest absolute Gasteiger partial charge is 0.337 e. The highest BCUT2D eigenvalue weighted by atomic mass is 16.2. The number of aromatic nitrogens is 4. The Morgan fingerprint density at radius 3 is 2.77 bits per heavy atom. The lowest BCUT2D eigenvalue weighted by Gasteiger charge is -2.18. The van der Waals surface area contributed by atoms with Gasteiger partial charge in [-0.05, 0) is 44.5 Å². The van der Waals surface area contributed by atoms with Crippen LogP contribution in [0.25, 0.3) is 33.5 Å². The molecule has 0 bridgehead atoms. The van der Waals surface area contributed by atoms with E-state index in [2.05, 4.69) is 21.2 Å².